The number of likely N-dealkylation sites (tertiary alicyclic amines) is 1. The van der Waals surface area contributed by atoms with E-state index in [1.807, 2.05) is 29.2 Å². The van der Waals surface area contributed by atoms with Crippen LogP contribution in [-0.4, -0.2) is 41.9 Å². The number of halogens is 1. The van der Waals surface area contributed by atoms with E-state index < -0.39 is 0 Å². The summed E-state index contributed by atoms with van der Waals surface area (Å²) in [6.07, 6.45) is 3.07. The number of hydrogen-bond acceptors (Lipinski definition) is 2. The van der Waals surface area contributed by atoms with Gasteiger partial charge in [-0.2, -0.15) is 0 Å². The molecule has 0 aromatic heterocycles. The van der Waals surface area contributed by atoms with Crippen LogP contribution in [0.4, 0.5) is 0 Å². The fraction of sp³-hybridized carbons (Fsp3) is 0.562. The third-order valence-electron chi connectivity index (χ3n) is 3.79. The molecule has 20 heavy (non-hydrogen) atoms. The average molecular weight is 340 g/mol. The minimum absolute atomic E-state index is 0.168. The molecule has 3 nitrogen and oxygen atoms in total. The molecule has 1 aliphatic heterocycles. The van der Waals surface area contributed by atoms with Crippen molar-refractivity contribution in [2.24, 2.45) is 0 Å². The number of ether oxygens (including phenoxy) is 1. The van der Waals surface area contributed by atoms with Crippen LogP contribution < -0.4 is 0 Å². The maximum Gasteiger partial charge on any atom is 0.254 e. The molecule has 1 aromatic rings. The second kappa shape index (κ2) is 7.79. The second-order valence-electron chi connectivity index (χ2n) is 5.06. The summed E-state index contributed by atoms with van der Waals surface area (Å²) in [5.74, 6) is 0.168. The highest BCUT2D eigenvalue weighted by Crippen LogP contribution is 2.18. The predicted octanol–water partition coefficient (Wildman–Crippen LogP) is 3.27. The Balaban J connectivity index is 1.94. The van der Waals surface area contributed by atoms with Gasteiger partial charge in [0.05, 0.1) is 12.7 Å². The van der Waals surface area contributed by atoms with Crippen LogP contribution in [0.15, 0.2) is 24.3 Å². The second-order valence-corrected chi connectivity index (χ2v) is 5.86. The number of carbonyl (C=O) groups excluding carboxylic acids is 1. The largest absolute Gasteiger partial charge is 0.377 e. The quantitative estimate of drug-likeness (QED) is 0.770. The number of alkyl halides is 1. The highest BCUT2D eigenvalue weighted by atomic mass is 79.9. The van der Waals surface area contributed by atoms with Crippen LogP contribution in [0.25, 0.3) is 0 Å². The topological polar surface area (TPSA) is 29.5 Å². The number of hydrogen-bond donors (Lipinski definition) is 0. The Hall–Kier alpha value is -0.870. The molecule has 1 amide bonds. The average Bonchev–Trinajstić information content (AvgIpc) is 2.52. The van der Waals surface area contributed by atoms with Gasteiger partial charge >= 0.3 is 0 Å². The van der Waals surface area contributed by atoms with Crippen molar-refractivity contribution in [3.63, 3.8) is 0 Å². The van der Waals surface area contributed by atoms with Crippen molar-refractivity contribution in [2.75, 3.05) is 25.0 Å². The molecule has 0 aliphatic carbocycles. The van der Waals surface area contributed by atoms with Crippen LogP contribution in [0.2, 0.25) is 0 Å². The molecule has 1 fully saturated rings. The predicted molar refractivity (Wildman–Crippen MR) is 84.5 cm³/mol. The van der Waals surface area contributed by atoms with Crippen molar-refractivity contribution in [3.8, 4) is 0 Å². The maximum absolute atomic E-state index is 12.6. The lowest BCUT2D eigenvalue weighted by Crippen LogP contribution is -2.41. The Kier molecular flexibility index (Phi) is 6.05. The van der Waals surface area contributed by atoms with Gasteiger partial charge in [-0.3, -0.25) is 4.79 Å². The van der Waals surface area contributed by atoms with Crippen LogP contribution >= 0.6 is 15.9 Å². The lowest BCUT2D eigenvalue weighted by molar-refractivity contribution is 0.0159. The summed E-state index contributed by atoms with van der Waals surface area (Å²) in [6, 6.07) is 7.92. The van der Waals surface area contributed by atoms with Crippen molar-refractivity contribution < 1.29 is 9.53 Å². The molecule has 0 atom stereocenters. The van der Waals surface area contributed by atoms with Gasteiger partial charge in [0.1, 0.15) is 0 Å². The van der Waals surface area contributed by atoms with Gasteiger partial charge in [-0.15, -0.1) is 0 Å². The van der Waals surface area contributed by atoms with Crippen LogP contribution in [-0.2, 0) is 11.2 Å². The molecule has 1 heterocycles. The van der Waals surface area contributed by atoms with Gasteiger partial charge < -0.3 is 9.64 Å². The van der Waals surface area contributed by atoms with Crippen molar-refractivity contribution in [1.29, 1.82) is 0 Å². The summed E-state index contributed by atoms with van der Waals surface area (Å²) in [6.45, 7) is 4.43. The molecular formula is C16H22BrNO2. The minimum atomic E-state index is 0.168. The number of rotatable bonds is 5. The van der Waals surface area contributed by atoms with E-state index >= 15 is 0 Å². The summed E-state index contributed by atoms with van der Waals surface area (Å²) in [4.78, 5) is 14.5. The standard InChI is InChI=1S/C16H22BrNO2/c1-2-13-5-3-4-6-15(13)16(19)18-10-7-14(8-11-18)20-12-9-17/h3-6,14H,2,7-12H2,1H3. The molecule has 4 heteroatoms. The SMILES string of the molecule is CCc1ccccc1C(=O)N1CCC(OCCBr)CC1. The summed E-state index contributed by atoms with van der Waals surface area (Å²) < 4.78 is 5.73. The molecule has 0 saturated carbocycles. The van der Waals surface area contributed by atoms with Crippen LogP contribution in [0.1, 0.15) is 35.7 Å². The van der Waals surface area contributed by atoms with Gasteiger partial charge in [0.25, 0.3) is 5.91 Å². The molecule has 0 spiro atoms. The van der Waals surface area contributed by atoms with Crippen LogP contribution in [0.5, 0.6) is 0 Å². The molecule has 110 valence electrons. The molecule has 1 aliphatic rings. The van der Waals surface area contributed by atoms with Crippen molar-refractivity contribution in [1.82, 2.24) is 4.90 Å². The Morgan fingerprint density at radius 1 is 1.35 bits per heavy atom. The number of carbonyl (C=O) groups is 1. The van der Waals surface area contributed by atoms with E-state index in [2.05, 4.69) is 22.9 Å². The Bertz CT molecular complexity index is 442. The molecule has 1 aromatic carbocycles. The molecule has 0 bridgehead atoms. The number of aryl methyl sites for hydroxylation is 1. The van der Waals surface area contributed by atoms with Crippen LogP contribution in [0.3, 0.4) is 0 Å². The van der Waals surface area contributed by atoms with E-state index in [0.717, 1.165) is 55.4 Å². The first-order valence-electron chi connectivity index (χ1n) is 7.31. The summed E-state index contributed by atoms with van der Waals surface area (Å²) >= 11 is 3.37. The lowest BCUT2D eigenvalue weighted by Gasteiger charge is -2.32. The molecule has 0 N–H and O–H groups in total. The number of amides is 1. The summed E-state index contributed by atoms with van der Waals surface area (Å²) in [7, 11) is 0. The first kappa shape index (κ1) is 15.5. The van der Waals surface area contributed by atoms with E-state index in [9.17, 15) is 4.79 Å². The zero-order valence-corrected chi connectivity index (χ0v) is 13.6. The third-order valence-corrected chi connectivity index (χ3v) is 4.11. The van der Waals surface area contributed by atoms with Gasteiger partial charge in [0.15, 0.2) is 0 Å². The van der Waals surface area contributed by atoms with E-state index in [1.54, 1.807) is 0 Å². The Labute approximate surface area is 129 Å². The summed E-state index contributed by atoms with van der Waals surface area (Å²) in [5, 5.41) is 0.871. The van der Waals surface area contributed by atoms with Gasteiger partial charge in [-0.25, -0.2) is 0 Å². The first-order valence-corrected chi connectivity index (χ1v) is 8.43. The van der Waals surface area contributed by atoms with E-state index in [1.165, 1.54) is 0 Å². The number of nitrogens with zero attached hydrogens (tertiary/aromatic N) is 1. The van der Waals surface area contributed by atoms with Crippen molar-refractivity contribution in [2.45, 2.75) is 32.3 Å². The molecule has 0 unspecified atom stereocenters. The minimum Gasteiger partial charge on any atom is -0.377 e. The number of piperidine rings is 1. The van der Waals surface area contributed by atoms with Gasteiger partial charge in [-0.1, -0.05) is 41.1 Å². The molecular weight excluding hydrogens is 318 g/mol. The third kappa shape index (κ3) is 3.83. The monoisotopic (exact) mass is 339 g/mol. The normalized spacial score (nSPS) is 16.4. The van der Waals surface area contributed by atoms with E-state index in [4.69, 9.17) is 4.74 Å². The zero-order valence-electron chi connectivity index (χ0n) is 12.0. The number of benzene rings is 1. The zero-order chi connectivity index (χ0) is 14.4. The smallest absolute Gasteiger partial charge is 0.254 e. The van der Waals surface area contributed by atoms with Crippen molar-refractivity contribution in [3.05, 3.63) is 35.4 Å². The van der Waals surface area contributed by atoms with Gasteiger partial charge in [0, 0.05) is 24.0 Å². The first-order chi connectivity index (χ1) is 9.76. The highest BCUT2D eigenvalue weighted by molar-refractivity contribution is 9.09. The summed E-state index contributed by atoms with van der Waals surface area (Å²) in [5.41, 5.74) is 1.99. The van der Waals surface area contributed by atoms with Crippen molar-refractivity contribution >= 4 is 21.8 Å². The fourth-order valence-electron chi connectivity index (χ4n) is 2.64. The highest BCUT2D eigenvalue weighted by Gasteiger charge is 2.24. The van der Waals surface area contributed by atoms with Gasteiger partial charge in [0.2, 0.25) is 0 Å². The van der Waals surface area contributed by atoms with E-state index in [-0.39, 0.29) is 5.91 Å². The van der Waals surface area contributed by atoms with Crippen LogP contribution in [0, 0.1) is 0 Å². The Morgan fingerprint density at radius 3 is 2.70 bits per heavy atom. The molecule has 0 radical (unpaired) electrons. The Morgan fingerprint density at radius 2 is 2.05 bits per heavy atom. The lowest BCUT2D eigenvalue weighted by atomic mass is 10.0. The molecule has 2 rings (SSSR count). The fourth-order valence-corrected chi connectivity index (χ4v) is 2.83. The maximum atomic E-state index is 12.6. The van der Waals surface area contributed by atoms with Gasteiger partial charge in [-0.05, 0) is 30.9 Å². The van der Waals surface area contributed by atoms with E-state index in [0.29, 0.717) is 6.10 Å². The molecule has 1 saturated heterocycles.